The molecule has 0 radical (unpaired) electrons. The Morgan fingerprint density at radius 1 is 1.28 bits per heavy atom. The molecule has 0 aliphatic heterocycles. The maximum Gasteiger partial charge on any atom is 0.276 e. The van der Waals surface area contributed by atoms with Crippen molar-refractivity contribution in [3.63, 3.8) is 0 Å². The number of aromatic nitrogens is 5. The van der Waals surface area contributed by atoms with Crippen LogP contribution in [0.3, 0.4) is 0 Å². The lowest BCUT2D eigenvalue weighted by atomic mass is 10.3. The van der Waals surface area contributed by atoms with Gasteiger partial charge in [0.15, 0.2) is 5.69 Å². The monoisotopic (exact) mass is 409 g/mol. The van der Waals surface area contributed by atoms with Crippen molar-refractivity contribution in [1.82, 2.24) is 29.4 Å². The van der Waals surface area contributed by atoms with E-state index in [-0.39, 0.29) is 5.91 Å². The summed E-state index contributed by atoms with van der Waals surface area (Å²) in [7, 11) is 3.96. The number of ether oxygens (including phenoxy) is 1. The first-order valence-electron chi connectivity index (χ1n) is 8.88. The van der Waals surface area contributed by atoms with Gasteiger partial charge in [-0.15, -0.1) is 11.3 Å². The number of pyridine rings is 1. The van der Waals surface area contributed by atoms with Gasteiger partial charge in [0.05, 0.1) is 22.1 Å². The molecule has 0 aromatic carbocycles. The molecular weight excluding hydrogens is 390 g/mol. The predicted octanol–water partition coefficient (Wildman–Crippen LogP) is 2.46. The van der Waals surface area contributed by atoms with E-state index in [4.69, 9.17) is 4.74 Å². The van der Waals surface area contributed by atoms with Crippen molar-refractivity contribution in [2.75, 3.05) is 32.6 Å². The van der Waals surface area contributed by atoms with Crippen molar-refractivity contribution in [1.29, 1.82) is 0 Å². The number of nitrogens with zero attached hydrogens (tertiary/aromatic N) is 6. The summed E-state index contributed by atoms with van der Waals surface area (Å²) in [6.07, 6.45) is 6.52. The maximum absolute atomic E-state index is 12.9. The number of likely N-dealkylation sites (N-methyl/N-ethyl adjacent to an activating group) is 1. The highest BCUT2D eigenvalue weighted by Crippen LogP contribution is 2.24. The van der Waals surface area contributed by atoms with E-state index in [0.29, 0.717) is 35.3 Å². The van der Waals surface area contributed by atoms with Gasteiger partial charge < -0.3 is 15.0 Å². The first-order chi connectivity index (χ1) is 14.1. The average Bonchev–Trinajstić information content (AvgIpc) is 3.40. The molecule has 0 aliphatic carbocycles. The molecule has 0 saturated carbocycles. The van der Waals surface area contributed by atoms with Crippen molar-refractivity contribution >= 4 is 33.1 Å². The zero-order chi connectivity index (χ0) is 20.2. The molecule has 0 spiro atoms. The first kappa shape index (κ1) is 19.0. The van der Waals surface area contributed by atoms with Gasteiger partial charge in [-0.25, -0.2) is 19.9 Å². The fraction of sp³-hybridized carbons (Fsp3) is 0.211. The Balaban J connectivity index is 1.52. The van der Waals surface area contributed by atoms with Crippen LogP contribution in [0.1, 0.15) is 10.5 Å². The van der Waals surface area contributed by atoms with Gasteiger partial charge in [0, 0.05) is 25.0 Å². The summed E-state index contributed by atoms with van der Waals surface area (Å²) in [5.41, 5.74) is 1.57. The van der Waals surface area contributed by atoms with E-state index in [1.165, 1.54) is 11.3 Å². The number of anilines is 1. The molecular formula is C19H19N7O2S. The normalized spacial score (nSPS) is 11.1. The summed E-state index contributed by atoms with van der Waals surface area (Å²) in [6.45, 7) is 1.34. The smallest absolute Gasteiger partial charge is 0.276 e. The van der Waals surface area contributed by atoms with Crippen molar-refractivity contribution in [3.8, 4) is 11.8 Å². The summed E-state index contributed by atoms with van der Waals surface area (Å²) in [5, 5.41) is 4.72. The van der Waals surface area contributed by atoms with Crippen LogP contribution >= 0.6 is 11.3 Å². The lowest BCUT2D eigenvalue weighted by Gasteiger charge is -2.11. The van der Waals surface area contributed by atoms with Crippen molar-refractivity contribution in [2.45, 2.75) is 0 Å². The number of rotatable bonds is 7. The van der Waals surface area contributed by atoms with Gasteiger partial charge in [0.1, 0.15) is 12.9 Å². The van der Waals surface area contributed by atoms with E-state index in [0.717, 1.165) is 11.2 Å². The topological polar surface area (TPSA) is 98.1 Å². The van der Waals surface area contributed by atoms with Crippen LogP contribution in [0.5, 0.6) is 5.88 Å². The summed E-state index contributed by atoms with van der Waals surface area (Å²) >= 11 is 1.42. The molecule has 4 heterocycles. The molecule has 4 rings (SSSR count). The second-order valence-electron chi connectivity index (χ2n) is 6.47. The predicted molar refractivity (Wildman–Crippen MR) is 111 cm³/mol. The Morgan fingerprint density at radius 2 is 2.17 bits per heavy atom. The van der Waals surface area contributed by atoms with Crippen LogP contribution in [0.15, 0.2) is 48.5 Å². The van der Waals surface area contributed by atoms with Crippen molar-refractivity contribution in [2.24, 2.45) is 0 Å². The number of carbonyl (C=O) groups excluding carboxylic acids is 1. The van der Waals surface area contributed by atoms with E-state index in [1.807, 2.05) is 30.4 Å². The molecule has 0 bridgehead atoms. The molecule has 148 valence electrons. The van der Waals surface area contributed by atoms with Gasteiger partial charge >= 0.3 is 0 Å². The molecule has 0 unspecified atom stereocenters. The summed E-state index contributed by atoms with van der Waals surface area (Å²) in [6, 6.07) is 5.34. The molecule has 0 atom stereocenters. The SMILES string of the molecule is CN(C)CCOc1ccc(NC(=O)c2nc(-n3ccnc3)nc3ccsc23)cn1. The quantitative estimate of drug-likeness (QED) is 0.501. The van der Waals surface area contributed by atoms with Crippen LogP contribution in [0.25, 0.3) is 16.2 Å². The molecule has 29 heavy (non-hydrogen) atoms. The van der Waals surface area contributed by atoms with Crippen molar-refractivity contribution in [3.05, 3.63) is 54.2 Å². The highest BCUT2D eigenvalue weighted by molar-refractivity contribution is 7.17. The van der Waals surface area contributed by atoms with E-state index in [2.05, 4.69) is 25.3 Å². The summed E-state index contributed by atoms with van der Waals surface area (Å²) < 4.78 is 7.96. The molecule has 4 aromatic rings. The first-order valence-corrected chi connectivity index (χ1v) is 9.76. The minimum atomic E-state index is -0.329. The highest BCUT2D eigenvalue weighted by Gasteiger charge is 2.17. The van der Waals surface area contributed by atoms with Crippen LogP contribution in [0.2, 0.25) is 0 Å². The van der Waals surface area contributed by atoms with Crippen LogP contribution in [-0.4, -0.2) is 62.6 Å². The van der Waals surface area contributed by atoms with Crippen LogP contribution in [0.4, 0.5) is 5.69 Å². The molecule has 4 aromatic heterocycles. The zero-order valence-corrected chi connectivity index (χ0v) is 16.8. The molecule has 10 heteroatoms. The molecule has 0 fully saturated rings. The van der Waals surface area contributed by atoms with E-state index in [9.17, 15) is 4.79 Å². The number of fused-ring (bicyclic) bond motifs is 1. The number of carbonyl (C=O) groups is 1. The Kier molecular flexibility index (Phi) is 5.45. The molecule has 9 nitrogen and oxygen atoms in total. The number of nitrogens with one attached hydrogen (secondary N) is 1. The summed E-state index contributed by atoms with van der Waals surface area (Å²) in [4.78, 5) is 32.1. The summed E-state index contributed by atoms with van der Waals surface area (Å²) in [5.74, 6) is 0.570. The van der Waals surface area contributed by atoms with E-state index >= 15 is 0 Å². The average molecular weight is 409 g/mol. The molecule has 1 amide bonds. The van der Waals surface area contributed by atoms with E-state index < -0.39 is 0 Å². The lowest BCUT2D eigenvalue weighted by Crippen LogP contribution is -2.19. The number of amides is 1. The van der Waals surface area contributed by atoms with Crippen molar-refractivity contribution < 1.29 is 9.53 Å². The second-order valence-corrected chi connectivity index (χ2v) is 7.38. The van der Waals surface area contributed by atoms with Gasteiger partial charge in [0.25, 0.3) is 5.91 Å². The van der Waals surface area contributed by atoms with Gasteiger partial charge in [-0.3, -0.25) is 9.36 Å². The fourth-order valence-corrected chi connectivity index (χ4v) is 3.38. The van der Waals surface area contributed by atoms with Gasteiger partial charge in [0.2, 0.25) is 11.8 Å². The Hall–Kier alpha value is -3.37. The largest absolute Gasteiger partial charge is 0.476 e. The minimum Gasteiger partial charge on any atom is -0.476 e. The maximum atomic E-state index is 12.9. The van der Waals surface area contributed by atoms with Gasteiger partial charge in [-0.05, 0) is 31.6 Å². The highest BCUT2D eigenvalue weighted by atomic mass is 32.1. The van der Waals surface area contributed by atoms with Crippen LogP contribution < -0.4 is 10.1 Å². The molecule has 0 saturated heterocycles. The van der Waals surface area contributed by atoms with E-state index in [1.54, 1.807) is 41.6 Å². The fourth-order valence-electron chi connectivity index (χ4n) is 2.56. The zero-order valence-electron chi connectivity index (χ0n) is 15.9. The third-order valence-corrected chi connectivity index (χ3v) is 4.94. The standard InChI is InChI=1S/C19H19N7O2S/c1-25(2)8-9-28-15-4-3-13(11-21-15)22-18(27)16-17-14(5-10-29-17)23-19(24-16)26-7-6-20-12-26/h3-7,10-12H,8-9H2,1-2H3,(H,22,27). The second kappa shape index (κ2) is 8.33. The Labute approximate surface area is 171 Å². The Bertz CT molecular complexity index is 1110. The van der Waals surface area contributed by atoms with Gasteiger partial charge in [-0.1, -0.05) is 0 Å². The number of imidazole rings is 1. The Morgan fingerprint density at radius 3 is 2.90 bits per heavy atom. The third-order valence-electron chi connectivity index (χ3n) is 4.02. The number of thiophene rings is 1. The molecule has 0 aliphatic rings. The number of hydrogen-bond acceptors (Lipinski definition) is 8. The van der Waals surface area contributed by atoms with Crippen LogP contribution in [-0.2, 0) is 0 Å². The third kappa shape index (κ3) is 4.39. The number of hydrogen-bond donors (Lipinski definition) is 1. The van der Waals surface area contributed by atoms with Crippen LogP contribution in [0, 0.1) is 0 Å². The lowest BCUT2D eigenvalue weighted by molar-refractivity contribution is 0.102. The van der Waals surface area contributed by atoms with Gasteiger partial charge in [-0.2, -0.15) is 0 Å². The minimum absolute atomic E-state index is 0.306. The molecule has 1 N–H and O–H groups in total.